The van der Waals surface area contributed by atoms with Crippen LogP contribution in [0.1, 0.15) is 6.92 Å². The molecule has 4 rings (SSSR count). The van der Waals surface area contributed by atoms with Crippen LogP contribution in [0.15, 0.2) is 53.7 Å². The van der Waals surface area contributed by atoms with Crippen LogP contribution in [0.4, 0.5) is 0 Å². The molecule has 0 unspecified atom stereocenters. The molecule has 6 nitrogen and oxygen atoms in total. The average molecular weight is 447 g/mol. The van der Waals surface area contributed by atoms with Gasteiger partial charge >= 0.3 is 0 Å². The van der Waals surface area contributed by atoms with Crippen LogP contribution < -0.4 is 15.3 Å². The number of hydrogen-bond acceptors (Lipinski definition) is 7. The summed E-state index contributed by atoms with van der Waals surface area (Å²) < 4.78 is 13.8. The summed E-state index contributed by atoms with van der Waals surface area (Å²) in [6.07, 6.45) is 0. The number of nitrogens with two attached hydrogens (primary N) is 1. The number of nitrogens with zero attached hydrogens (tertiary/aromatic N) is 3. The van der Waals surface area contributed by atoms with E-state index < -0.39 is 0 Å². The van der Waals surface area contributed by atoms with Crippen molar-refractivity contribution in [3.05, 3.63) is 53.6 Å². The molecule has 0 bridgehead atoms. The lowest BCUT2D eigenvalue weighted by molar-refractivity contribution is 0.332. The Morgan fingerprint density at radius 2 is 1.79 bits per heavy atom. The molecule has 4 aromatic rings. The lowest BCUT2D eigenvalue weighted by Crippen LogP contribution is -2.12. The van der Waals surface area contributed by atoms with Crippen molar-refractivity contribution < 1.29 is 9.47 Å². The first kappa shape index (κ1) is 19.9. The molecule has 2 heterocycles. The number of thiophene rings is 1. The van der Waals surface area contributed by atoms with Crippen molar-refractivity contribution in [1.82, 2.24) is 14.9 Å². The molecule has 0 amide bonds. The summed E-state index contributed by atoms with van der Waals surface area (Å²) in [5.74, 6) is 9.10. The maximum absolute atomic E-state index is 6.54. The number of rotatable bonds is 8. The van der Waals surface area contributed by atoms with Crippen molar-refractivity contribution in [3.8, 4) is 22.2 Å². The SMILES string of the molecule is CCOc1ccc(OCCSc2nnc(-c3sc4ccccc4c3Cl)n2N)cc1. The van der Waals surface area contributed by atoms with Crippen molar-refractivity contribution >= 4 is 44.8 Å². The van der Waals surface area contributed by atoms with Crippen LogP contribution in [0.2, 0.25) is 5.02 Å². The zero-order valence-corrected chi connectivity index (χ0v) is 18.1. The van der Waals surface area contributed by atoms with Crippen LogP contribution in [-0.4, -0.2) is 33.8 Å². The fourth-order valence-electron chi connectivity index (χ4n) is 2.78. The Bertz CT molecular complexity index is 1110. The summed E-state index contributed by atoms with van der Waals surface area (Å²) in [5.41, 5.74) is 0. The molecule has 0 atom stereocenters. The van der Waals surface area contributed by atoms with Crippen molar-refractivity contribution in [3.63, 3.8) is 0 Å². The maximum Gasteiger partial charge on any atom is 0.210 e. The van der Waals surface area contributed by atoms with Crippen molar-refractivity contribution in [1.29, 1.82) is 0 Å². The smallest absolute Gasteiger partial charge is 0.210 e. The summed E-state index contributed by atoms with van der Waals surface area (Å²) >= 11 is 9.57. The average Bonchev–Trinajstić information content (AvgIpc) is 3.27. The minimum Gasteiger partial charge on any atom is -0.494 e. The summed E-state index contributed by atoms with van der Waals surface area (Å²) in [4.78, 5) is 0.820. The number of benzene rings is 2. The Labute approximate surface area is 181 Å². The molecule has 0 saturated heterocycles. The van der Waals surface area contributed by atoms with Gasteiger partial charge in [0.25, 0.3) is 0 Å². The quantitative estimate of drug-likeness (QED) is 0.230. The largest absolute Gasteiger partial charge is 0.494 e. The Kier molecular flexibility index (Phi) is 6.13. The van der Waals surface area contributed by atoms with Crippen LogP contribution in [0.5, 0.6) is 11.5 Å². The van der Waals surface area contributed by atoms with E-state index in [1.54, 1.807) is 11.3 Å². The highest BCUT2D eigenvalue weighted by Crippen LogP contribution is 2.41. The van der Waals surface area contributed by atoms with E-state index in [-0.39, 0.29) is 0 Å². The lowest BCUT2D eigenvalue weighted by atomic mass is 10.2. The molecule has 0 fully saturated rings. The lowest BCUT2D eigenvalue weighted by Gasteiger charge is -2.07. The van der Waals surface area contributed by atoms with Crippen molar-refractivity contribution in [2.45, 2.75) is 12.1 Å². The molecule has 2 N–H and O–H groups in total. The summed E-state index contributed by atoms with van der Waals surface area (Å²) in [6.45, 7) is 3.12. The van der Waals surface area contributed by atoms with Gasteiger partial charge in [0, 0.05) is 15.8 Å². The highest BCUT2D eigenvalue weighted by atomic mass is 35.5. The topological polar surface area (TPSA) is 75.2 Å². The zero-order chi connectivity index (χ0) is 20.2. The molecule has 0 aliphatic heterocycles. The summed E-state index contributed by atoms with van der Waals surface area (Å²) in [7, 11) is 0. The van der Waals surface area contributed by atoms with Gasteiger partial charge in [0.1, 0.15) is 11.5 Å². The third kappa shape index (κ3) is 4.29. The van der Waals surface area contributed by atoms with Crippen molar-refractivity contribution in [2.24, 2.45) is 0 Å². The monoisotopic (exact) mass is 446 g/mol. The van der Waals surface area contributed by atoms with E-state index in [1.165, 1.54) is 16.4 Å². The van der Waals surface area contributed by atoms with E-state index in [4.69, 9.17) is 26.9 Å². The van der Waals surface area contributed by atoms with Gasteiger partial charge in [-0.3, -0.25) is 0 Å². The minimum absolute atomic E-state index is 0.518. The van der Waals surface area contributed by atoms with Crippen LogP contribution in [0, 0.1) is 0 Å². The van der Waals surface area contributed by atoms with E-state index in [9.17, 15) is 0 Å². The van der Waals surface area contributed by atoms with Gasteiger partial charge in [0.15, 0.2) is 5.82 Å². The third-order valence-electron chi connectivity index (χ3n) is 4.12. The number of ether oxygens (including phenoxy) is 2. The second-order valence-electron chi connectivity index (χ2n) is 6.02. The normalized spacial score (nSPS) is 11.1. The van der Waals surface area contributed by atoms with E-state index in [0.717, 1.165) is 26.5 Å². The Morgan fingerprint density at radius 1 is 1.07 bits per heavy atom. The molecule has 2 aromatic heterocycles. The summed E-state index contributed by atoms with van der Waals surface area (Å²) in [6, 6.07) is 15.5. The molecule has 2 aromatic carbocycles. The predicted octanol–water partition coefficient (Wildman–Crippen LogP) is 5.10. The third-order valence-corrected chi connectivity index (χ3v) is 6.70. The second-order valence-corrected chi connectivity index (χ2v) is 8.51. The number of aromatic nitrogens is 3. The molecule has 0 radical (unpaired) electrons. The Balaban J connectivity index is 1.38. The van der Waals surface area contributed by atoms with Gasteiger partial charge in [-0.2, -0.15) is 0 Å². The standard InChI is InChI=1S/C20H19ClN4O2S2/c1-2-26-13-7-9-14(10-8-13)27-11-12-28-20-24-23-19(25(20)22)18-17(21)15-5-3-4-6-16(15)29-18/h3-10H,2,11-12,22H2,1H3. The van der Waals surface area contributed by atoms with Gasteiger partial charge in [0.2, 0.25) is 5.16 Å². The molecule has 150 valence electrons. The molecular weight excluding hydrogens is 428 g/mol. The Hall–Kier alpha value is -2.42. The van der Waals surface area contributed by atoms with Gasteiger partial charge in [0.05, 0.1) is 23.1 Å². The van der Waals surface area contributed by atoms with Crippen LogP contribution in [-0.2, 0) is 0 Å². The Morgan fingerprint density at radius 3 is 2.52 bits per heavy atom. The summed E-state index contributed by atoms with van der Waals surface area (Å²) in [5, 5.41) is 10.7. The van der Waals surface area contributed by atoms with Crippen LogP contribution in [0.25, 0.3) is 20.8 Å². The van der Waals surface area contributed by atoms with Gasteiger partial charge in [-0.15, -0.1) is 21.5 Å². The number of thioether (sulfide) groups is 1. The zero-order valence-electron chi connectivity index (χ0n) is 15.7. The molecule has 0 aliphatic rings. The fraction of sp³-hybridized carbons (Fsp3) is 0.200. The number of hydrogen-bond donors (Lipinski definition) is 1. The molecule has 0 spiro atoms. The highest BCUT2D eigenvalue weighted by molar-refractivity contribution is 7.99. The molecule has 29 heavy (non-hydrogen) atoms. The first-order chi connectivity index (χ1) is 14.2. The van der Waals surface area contributed by atoms with Crippen LogP contribution in [0.3, 0.4) is 0 Å². The van der Waals surface area contributed by atoms with E-state index >= 15 is 0 Å². The number of nitrogen functional groups attached to an aromatic ring is 1. The maximum atomic E-state index is 6.54. The van der Waals surface area contributed by atoms with E-state index in [0.29, 0.717) is 35.0 Å². The minimum atomic E-state index is 0.518. The highest BCUT2D eigenvalue weighted by Gasteiger charge is 2.19. The van der Waals surface area contributed by atoms with Crippen LogP contribution >= 0.6 is 34.7 Å². The fourth-order valence-corrected chi connectivity index (χ4v) is 4.95. The molecular formula is C20H19ClN4O2S2. The first-order valence-electron chi connectivity index (χ1n) is 9.03. The van der Waals surface area contributed by atoms with Gasteiger partial charge in [-0.1, -0.05) is 41.6 Å². The number of halogens is 1. The second kappa shape index (κ2) is 8.94. The van der Waals surface area contributed by atoms with Crippen molar-refractivity contribution in [2.75, 3.05) is 24.8 Å². The number of fused-ring (bicyclic) bond motifs is 1. The molecule has 0 saturated carbocycles. The van der Waals surface area contributed by atoms with Gasteiger partial charge in [-0.25, -0.2) is 4.68 Å². The molecule has 9 heteroatoms. The molecule has 0 aliphatic carbocycles. The predicted molar refractivity (Wildman–Crippen MR) is 120 cm³/mol. The van der Waals surface area contributed by atoms with Gasteiger partial charge < -0.3 is 15.3 Å². The van der Waals surface area contributed by atoms with E-state index in [1.807, 2.05) is 55.5 Å². The van der Waals surface area contributed by atoms with E-state index in [2.05, 4.69) is 10.2 Å². The van der Waals surface area contributed by atoms with Gasteiger partial charge in [-0.05, 0) is 37.3 Å². The first-order valence-corrected chi connectivity index (χ1v) is 11.2.